The highest BCUT2D eigenvalue weighted by atomic mass is 19.1. The monoisotopic (exact) mass is 185 g/mol. The Morgan fingerprint density at radius 3 is 2.77 bits per heavy atom. The molecule has 2 nitrogen and oxygen atoms in total. The molecule has 2 atom stereocenters. The molecule has 1 N–H and O–H groups in total. The lowest BCUT2D eigenvalue weighted by Crippen LogP contribution is -2.42. The van der Waals surface area contributed by atoms with E-state index in [9.17, 15) is 9.18 Å². The maximum atomic E-state index is 13.2. The molecular weight excluding hydrogens is 169 g/mol. The molecule has 1 saturated carbocycles. The number of allylic oxidation sites excluding steroid dienone is 1. The van der Waals surface area contributed by atoms with Gasteiger partial charge in [-0.1, -0.05) is 18.9 Å². The maximum absolute atomic E-state index is 13.2. The SMILES string of the molecule is C/C=C/C(=O)N[C@@H]1CCCC[C@H]1F. The average Bonchev–Trinajstić information content (AvgIpc) is 2.09. The van der Waals surface area contributed by atoms with Crippen molar-refractivity contribution in [2.75, 3.05) is 0 Å². The van der Waals surface area contributed by atoms with Crippen LogP contribution in [0.3, 0.4) is 0 Å². The number of amides is 1. The second kappa shape index (κ2) is 5.00. The van der Waals surface area contributed by atoms with E-state index in [-0.39, 0.29) is 11.9 Å². The molecule has 1 amide bonds. The molecule has 0 bridgehead atoms. The van der Waals surface area contributed by atoms with E-state index in [1.54, 1.807) is 13.0 Å². The number of alkyl halides is 1. The largest absolute Gasteiger partial charge is 0.347 e. The van der Waals surface area contributed by atoms with Gasteiger partial charge >= 0.3 is 0 Å². The lowest BCUT2D eigenvalue weighted by atomic mass is 9.93. The smallest absolute Gasteiger partial charge is 0.243 e. The molecule has 1 aliphatic carbocycles. The Hall–Kier alpha value is -0.860. The Kier molecular flexibility index (Phi) is 3.93. The van der Waals surface area contributed by atoms with Crippen LogP contribution in [0.2, 0.25) is 0 Å². The van der Waals surface area contributed by atoms with Gasteiger partial charge < -0.3 is 5.32 Å². The van der Waals surface area contributed by atoms with Crippen LogP contribution in [0.15, 0.2) is 12.2 Å². The number of hydrogen-bond donors (Lipinski definition) is 1. The van der Waals surface area contributed by atoms with Gasteiger partial charge in [-0.05, 0) is 25.8 Å². The molecule has 1 rings (SSSR count). The molecule has 0 aromatic carbocycles. The number of hydrogen-bond acceptors (Lipinski definition) is 1. The van der Waals surface area contributed by atoms with Crippen LogP contribution in [0.1, 0.15) is 32.6 Å². The molecule has 0 aromatic rings. The Morgan fingerprint density at radius 1 is 1.46 bits per heavy atom. The van der Waals surface area contributed by atoms with Crippen molar-refractivity contribution < 1.29 is 9.18 Å². The standard InChI is InChI=1S/C10H16FNO/c1-2-5-10(13)12-9-7-4-3-6-8(9)11/h2,5,8-9H,3-4,6-7H2,1H3,(H,12,13)/b5-2+/t8-,9-/m1/s1. The van der Waals surface area contributed by atoms with Crippen molar-refractivity contribution in [3.05, 3.63) is 12.2 Å². The van der Waals surface area contributed by atoms with Crippen LogP contribution >= 0.6 is 0 Å². The molecule has 13 heavy (non-hydrogen) atoms. The summed E-state index contributed by atoms with van der Waals surface area (Å²) in [5.74, 6) is -0.183. The third-order valence-corrected chi connectivity index (χ3v) is 2.33. The van der Waals surface area contributed by atoms with E-state index in [2.05, 4.69) is 5.32 Å². The molecule has 0 saturated heterocycles. The molecule has 1 fully saturated rings. The highest BCUT2D eigenvalue weighted by Gasteiger charge is 2.25. The second-order valence-corrected chi connectivity index (χ2v) is 3.42. The minimum absolute atomic E-state index is 0.183. The molecule has 0 radical (unpaired) electrons. The molecule has 1 aliphatic rings. The van der Waals surface area contributed by atoms with E-state index in [4.69, 9.17) is 0 Å². The topological polar surface area (TPSA) is 29.1 Å². The van der Waals surface area contributed by atoms with E-state index >= 15 is 0 Å². The van der Waals surface area contributed by atoms with Crippen LogP contribution in [0.25, 0.3) is 0 Å². The number of rotatable bonds is 2. The molecular formula is C10H16FNO. The Morgan fingerprint density at radius 2 is 2.15 bits per heavy atom. The van der Waals surface area contributed by atoms with Crippen LogP contribution in [-0.4, -0.2) is 18.1 Å². The van der Waals surface area contributed by atoms with Gasteiger partial charge in [0.15, 0.2) is 0 Å². The zero-order chi connectivity index (χ0) is 9.68. The Balaban J connectivity index is 2.37. The van der Waals surface area contributed by atoms with Gasteiger partial charge in [-0.15, -0.1) is 0 Å². The highest BCUT2D eigenvalue weighted by Crippen LogP contribution is 2.20. The fraction of sp³-hybridized carbons (Fsp3) is 0.700. The van der Waals surface area contributed by atoms with E-state index in [0.29, 0.717) is 6.42 Å². The molecule has 74 valence electrons. The fourth-order valence-electron chi connectivity index (χ4n) is 1.63. The van der Waals surface area contributed by atoms with Crippen molar-refractivity contribution in [2.45, 2.75) is 44.8 Å². The van der Waals surface area contributed by atoms with Crippen molar-refractivity contribution in [1.82, 2.24) is 5.32 Å². The van der Waals surface area contributed by atoms with Gasteiger partial charge in [0.2, 0.25) is 5.91 Å². The quantitative estimate of drug-likeness (QED) is 0.655. The van der Waals surface area contributed by atoms with Crippen molar-refractivity contribution >= 4 is 5.91 Å². The lowest BCUT2D eigenvalue weighted by Gasteiger charge is -2.26. The lowest BCUT2D eigenvalue weighted by molar-refractivity contribution is -0.117. The normalized spacial score (nSPS) is 29.1. The zero-order valence-electron chi connectivity index (χ0n) is 7.92. The summed E-state index contributed by atoms with van der Waals surface area (Å²) in [5.41, 5.74) is 0. The molecule has 3 heteroatoms. The first kappa shape index (κ1) is 10.2. The van der Waals surface area contributed by atoms with Crippen molar-refractivity contribution in [2.24, 2.45) is 0 Å². The summed E-state index contributed by atoms with van der Waals surface area (Å²) in [6.07, 6.45) is 5.54. The van der Waals surface area contributed by atoms with Crippen LogP contribution in [-0.2, 0) is 4.79 Å². The molecule has 0 spiro atoms. The fourth-order valence-corrected chi connectivity index (χ4v) is 1.63. The van der Waals surface area contributed by atoms with E-state index < -0.39 is 6.17 Å². The van der Waals surface area contributed by atoms with Crippen LogP contribution in [0, 0.1) is 0 Å². The first-order chi connectivity index (χ1) is 6.24. The highest BCUT2D eigenvalue weighted by molar-refractivity contribution is 5.87. The summed E-state index contributed by atoms with van der Waals surface area (Å²) in [6, 6.07) is -0.266. The number of carbonyl (C=O) groups is 1. The van der Waals surface area contributed by atoms with Gasteiger partial charge in [0.1, 0.15) is 6.17 Å². The van der Waals surface area contributed by atoms with Crippen LogP contribution in [0.4, 0.5) is 4.39 Å². The average molecular weight is 185 g/mol. The van der Waals surface area contributed by atoms with Gasteiger partial charge in [0, 0.05) is 0 Å². The van der Waals surface area contributed by atoms with Crippen molar-refractivity contribution in [3.63, 3.8) is 0 Å². The van der Waals surface area contributed by atoms with Crippen LogP contribution in [0.5, 0.6) is 0 Å². The van der Waals surface area contributed by atoms with Crippen LogP contribution < -0.4 is 5.32 Å². The van der Waals surface area contributed by atoms with E-state index in [1.165, 1.54) is 6.08 Å². The van der Waals surface area contributed by atoms with Gasteiger partial charge in [0.05, 0.1) is 6.04 Å². The van der Waals surface area contributed by atoms with Gasteiger partial charge in [0.25, 0.3) is 0 Å². The maximum Gasteiger partial charge on any atom is 0.243 e. The molecule has 0 heterocycles. The first-order valence-electron chi connectivity index (χ1n) is 4.81. The second-order valence-electron chi connectivity index (χ2n) is 3.42. The third-order valence-electron chi connectivity index (χ3n) is 2.33. The summed E-state index contributed by atoms with van der Waals surface area (Å²) in [6.45, 7) is 1.77. The van der Waals surface area contributed by atoms with Gasteiger partial charge in [-0.3, -0.25) is 4.79 Å². The summed E-state index contributed by atoms with van der Waals surface area (Å²) >= 11 is 0. The number of halogens is 1. The minimum atomic E-state index is -0.858. The summed E-state index contributed by atoms with van der Waals surface area (Å²) in [4.78, 5) is 11.1. The molecule has 0 aromatic heterocycles. The predicted molar refractivity (Wildman–Crippen MR) is 50.1 cm³/mol. The van der Waals surface area contributed by atoms with Gasteiger partial charge in [-0.25, -0.2) is 4.39 Å². The van der Waals surface area contributed by atoms with Gasteiger partial charge in [-0.2, -0.15) is 0 Å². The Labute approximate surface area is 78.2 Å². The molecule has 0 unspecified atom stereocenters. The third kappa shape index (κ3) is 3.17. The Bertz CT molecular complexity index is 203. The predicted octanol–water partition coefficient (Wildman–Crippen LogP) is 1.96. The summed E-state index contributed by atoms with van der Waals surface area (Å²) < 4.78 is 13.2. The number of nitrogens with one attached hydrogen (secondary N) is 1. The minimum Gasteiger partial charge on any atom is -0.347 e. The summed E-state index contributed by atoms with van der Waals surface area (Å²) in [5, 5.41) is 2.67. The first-order valence-corrected chi connectivity index (χ1v) is 4.81. The van der Waals surface area contributed by atoms with E-state index in [0.717, 1.165) is 19.3 Å². The van der Waals surface area contributed by atoms with E-state index in [1.807, 2.05) is 0 Å². The molecule has 0 aliphatic heterocycles. The van der Waals surface area contributed by atoms with Crippen molar-refractivity contribution in [3.8, 4) is 0 Å². The number of carbonyl (C=O) groups excluding carboxylic acids is 1. The van der Waals surface area contributed by atoms with Crippen molar-refractivity contribution in [1.29, 1.82) is 0 Å². The summed E-state index contributed by atoms with van der Waals surface area (Å²) in [7, 11) is 0. The zero-order valence-corrected chi connectivity index (χ0v) is 7.92.